The summed E-state index contributed by atoms with van der Waals surface area (Å²) in [5, 5.41) is 0. The Labute approximate surface area is 138 Å². The first-order valence-corrected chi connectivity index (χ1v) is 6.56. The maximum Gasteiger partial charge on any atom is 0.346 e. The molecule has 1 aromatic carbocycles. The van der Waals surface area contributed by atoms with Crippen LogP contribution in [0.1, 0.15) is 20.7 Å². The monoisotopic (exact) mass is 326 g/mol. The fraction of sp³-hybridized carbons (Fsp3) is 0. The fourth-order valence-electron chi connectivity index (χ4n) is 1.42. The lowest BCUT2D eigenvalue weighted by Gasteiger charge is -2.08. The third-order valence-electron chi connectivity index (χ3n) is 2.75. The van der Waals surface area contributed by atoms with Crippen molar-refractivity contribution in [3.8, 4) is 0 Å². The summed E-state index contributed by atoms with van der Waals surface area (Å²) in [6, 6.07) is 5.39. The molecular formula is C18H14O6. The molecule has 0 N–H and O–H groups in total. The summed E-state index contributed by atoms with van der Waals surface area (Å²) in [5.74, 6) is -4.19. The quantitative estimate of drug-likeness (QED) is 0.345. The first-order valence-electron chi connectivity index (χ1n) is 6.56. The summed E-state index contributed by atoms with van der Waals surface area (Å²) in [7, 11) is 0. The molecule has 24 heavy (non-hydrogen) atoms. The van der Waals surface area contributed by atoms with Crippen molar-refractivity contribution in [2.24, 2.45) is 0 Å². The van der Waals surface area contributed by atoms with Gasteiger partial charge in [-0.15, -0.1) is 0 Å². The van der Waals surface area contributed by atoms with E-state index in [1.165, 1.54) is 24.3 Å². The van der Waals surface area contributed by atoms with Gasteiger partial charge in [-0.3, -0.25) is 0 Å². The van der Waals surface area contributed by atoms with Crippen LogP contribution in [0.4, 0.5) is 0 Å². The van der Waals surface area contributed by atoms with Crippen LogP contribution in [0.5, 0.6) is 0 Å². The number of rotatable bonds is 6. The average molecular weight is 326 g/mol. The molecule has 0 aromatic heterocycles. The van der Waals surface area contributed by atoms with Crippen molar-refractivity contribution in [1.29, 1.82) is 0 Å². The Morgan fingerprint density at radius 1 is 0.750 bits per heavy atom. The van der Waals surface area contributed by atoms with Gasteiger partial charge >= 0.3 is 23.9 Å². The minimum Gasteiger partial charge on any atom is -0.386 e. The van der Waals surface area contributed by atoms with Crippen LogP contribution in [-0.2, 0) is 19.1 Å². The molecule has 0 saturated heterocycles. The zero-order chi connectivity index (χ0) is 18.3. The lowest BCUT2D eigenvalue weighted by atomic mass is 10.1. The molecular weight excluding hydrogens is 312 g/mol. The van der Waals surface area contributed by atoms with E-state index in [4.69, 9.17) is 0 Å². The Bertz CT molecular complexity index is 704. The standard InChI is InChI=1S/C18H14O6/c1-5-11(3)15(19)23-17(21)13-9-7-8-10-14(13)18(22)24-16(20)12(4)6-2/h5-10H,1-4H2. The number of carbonyl (C=O) groups is 4. The van der Waals surface area contributed by atoms with Gasteiger partial charge in [0.1, 0.15) is 0 Å². The topological polar surface area (TPSA) is 86.7 Å². The van der Waals surface area contributed by atoms with Crippen LogP contribution in [0, 0.1) is 0 Å². The van der Waals surface area contributed by atoms with Gasteiger partial charge in [0.05, 0.1) is 22.3 Å². The number of ether oxygens (including phenoxy) is 2. The summed E-state index contributed by atoms with van der Waals surface area (Å²) in [4.78, 5) is 47.1. The van der Waals surface area contributed by atoms with Crippen molar-refractivity contribution >= 4 is 23.9 Å². The van der Waals surface area contributed by atoms with Crippen molar-refractivity contribution in [2.75, 3.05) is 0 Å². The van der Waals surface area contributed by atoms with Crippen LogP contribution in [0.2, 0.25) is 0 Å². The van der Waals surface area contributed by atoms with Crippen LogP contribution >= 0.6 is 0 Å². The third kappa shape index (κ3) is 4.48. The minimum atomic E-state index is -1.09. The van der Waals surface area contributed by atoms with Gasteiger partial charge in [0.15, 0.2) is 0 Å². The summed E-state index contributed by atoms with van der Waals surface area (Å²) in [6.07, 6.45) is 2.24. The Balaban J connectivity index is 3.03. The van der Waals surface area contributed by atoms with E-state index >= 15 is 0 Å². The van der Waals surface area contributed by atoms with E-state index in [0.717, 1.165) is 12.2 Å². The van der Waals surface area contributed by atoms with Gasteiger partial charge < -0.3 is 9.47 Å². The first kappa shape index (κ1) is 18.5. The fourth-order valence-corrected chi connectivity index (χ4v) is 1.42. The molecule has 0 aliphatic rings. The highest BCUT2D eigenvalue weighted by atomic mass is 16.6. The zero-order valence-corrected chi connectivity index (χ0v) is 12.7. The molecule has 6 nitrogen and oxygen atoms in total. The van der Waals surface area contributed by atoms with Crippen molar-refractivity contribution in [2.45, 2.75) is 0 Å². The minimum absolute atomic E-state index is 0.124. The molecule has 0 saturated carbocycles. The van der Waals surface area contributed by atoms with Gasteiger partial charge in [-0.25, -0.2) is 19.2 Å². The Kier molecular flexibility index (Phi) is 6.31. The highest BCUT2D eigenvalue weighted by Gasteiger charge is 2.23. The van der Waals surface area contributed by atoms with Crippen LogP contribution in [0.3, 0.4) is 0 Å². The molecule has 0 fully saturated rings. The van der Waals surface area contributed by atoms with Gasteiger partial charge in [0, 0.05) is 0 Å². The molecule has 0 aliphatic carbocycles. The maximum atomic E-state index is 12.0. The van der Waals surface area contributed by atoms with Crippen LogP contribution in [0.15, 0.2) is 73.9 Å². The SMILES string of the molecule is C=CC(=C)C(=O)OC(=O)c1ccccc1C(=O)OC(=O)C(=C)C=C. The van der Waals surface area contributed by atoms with Crippen molar-refractivity contribution < 1.29 is 28.7 Å². The molecule has 0 radical (unpaired) electrons. The van der Waals surface area contributed by atoms with Crippen molar-refractivity contribution in [1.82, 2.24) is 0 Å². The average Bonchev–Trinajstić information content (AvgIpc) is 2.59. The Hall–Kier alpha value is -3.54. The molecule has 0 unspecified atom stereocenters. The zero-order valence-electron chi connectivity index (χ0n) is 12.7. The van der Waals surface area contributed by atoms with E-state index in [-0.39, 0.29) is 22.3 Å². The molecule has 0 atom stereocenters. The summed E-state index contributed by atoms with van der Waals surface area (Å²) < 4.78 is 9.16. The maximum absolute atomic E-state index is 12.0. The normalized spacial score (nSPS) is 9.33. The van der Waals surface area contributed by atoms with Crippen molar-refractivity contribution in [3.05, 3.63) is 85.0 Å². The van der Waals surface area contributed by atoms with E-state index in [0.29, 0.717) is 0 Å². The van der Waals surface area contributed by atoms with E-state index in [1.807, 2.05) is 0 Å². The van der Waals surface area contributed by atoms with Gasteiger partial charge in [0.25, 0.3) is 0 Å². The van der Waals surface area contributed by atoms with E-state index in [2.05, 4.69) is 35.8 Å². The Morgan fingerprint density at radius 3 is 1.38 bits per heavy atom. The number of hydrogen-bond acceptors (Lipinski definition) is 6. The van der Waals surface area contributed by atoms with Gasteiger partial charge in [0.2, 0.25) is 0 Å². The molecule has 0 aliphatic heterocycles. The van der Waals surface area contributed by atoms with E-state index in [9.17, 15) is 19.2 Å². The predicted octanol–water partition coefficient (Wildman–Crippen LogP) is 2.54. The van der Waals surface area contributed by atoms with Crippen LogP contribution < -0.4 is 0 Å². The molecule has 6 heteroatoms. The van der Waals surface area contributed by atoms with E-state index in [1.54, 1.807) is 0 Å². The first-order chi connectivity index (χ1) is 11.3. The molecule has 0 amide bonds. The molecule has 0 heterocycles. The van der Waals surface area contributed by atoms with Gasteiger partial charge in [-0.05, 0) is 12.1 Å². The smallest absolute Gasteiger partial charge is 0.346 e. The summed E-state index contributed by atoms with van der Waals surface area (Å²) in [5.41, 5.74) is -0.740. The molecule has 1 rings (SSSR count). The molecule has 0 spiro atoms. The lowest BCUT2D eigenvalue weighted by Crippen LogP contribution is -2.19. The van der Waals surface area contributed by atoms with E-state index < -0.39 is 23.9 Å². The van der Waals surface area contributed by atoms with Crippen LogP contribution in [-0.4, -0.2) is 23.9 Å². The van der Waals surface area contributed by atoms with Gasteiger partial charge in [-0.1, -0.05) is 50.6 Å². The number of hydrogen-bond donors (Lipinski definition) is 0. The summed E-state index contributed by atoms with van der Waals surface area (Å²) in [6.45, 7) is 13.3. The van der Waals surface area contributed by atoms with Crippen molar-refractivity contribution in [3.63, 3.8) is 0 Å². The van der Waals surface area contributed by atoms with Gasteiger partial charge in [-0.2, -0.15) is 0 Å². The largest absolute Gasteiger partial charge is 0.386 e. The highest BCUT2D eigenvalue weighted by molar-refractivity contribution is 6.11. The number of carbonyl (C=O) groups excluding carboxylic acids is 4. The summed E-state index contributed by atoms with van der Waals surface area (Å²) >= 11 is 0. The Morgan fingerprint density at radius 2 is 1.08 bits per heavy atom. The highest BCUT2D eigenvalue weighted by Crippen LogP contribution is 2.14. The second kappa shape index (κ2) is 8.19. The second-order valence-corrected chi connectivity index (χ2v) is 4.36. The van der Waals surface area contributed by atoms with Crippen LogP contribution in [0.25, 0.3) is 0 Å². The second-order valence-electron chi connectivity index (χ2n) is 4.36. The predicted molar refractivity (Wildman–Crippen MR) is 86.0 cm³/mol. The molecule has 122 valence electrons. The third-order valence-corrected chi connectivity index (χ3v) is 2.75. The molecule has 0 bridgehead atoms. The molecule has 1 aromatic rings. The number of benzene rings is 1. The number of esters is 4. The lowest BCUT2D eigenvalue weighted by molar-refractivity contribution is -0.134.